The lowest BCUT2D eigenvalue weighted by Gasteiger charge is -2.14. The highest BCUT2D eigenvalue weighted by Gasteiger charge is 2.12. The molecule has 4 nitrogen and oxygen atoms in total. The summed E-state index contributed by atoms with van der Waals surface area (Å²) in [5.74, 6) is -0.196. The molecule has 0 aromatic heterocycles. The molecule has 4 aromatic carbocycles. The fraction of sp³-hybridized carbons (Fsp3) is 0.0769. The van der Waals surface area contributed by atoms with Crippen molar-refractivity contribution >= 4 is 34.0 Å². The SMILES string of the molecule is O=C(Cc1ccccc1)Nc1cccc2cccc(NC(=O)Cc3ccccc3)c12. The zero-order chi connectivity index (χ0) is 20.8. The molecule has 0 unspecified atom stereocenters. The molecule has 0 saturated heterocycles. The molecular weight excluding hydrogens is 372 g/mol. The maximum Gasteiger partial charge on any atom is 0.228 e. The standard InChI is InChI=1S/C26H22N2O2/c29-24(17-19-9-3-1-4-10-19)27-22-15-7-13-21-14-8-16-23(26(21)22)28-25(30)18-20-11-5-2-6-12-20/h1-16H,17-18H2,(H,27,29)(H,28,30). The van der Waals surface area contributed by atoms with Crippen molar-refractivity contribution in [3.8, 4) is 0 Å². The smallest absolute Gasteiger partial charge is 0.228 e. The van der Waals surface area contributed by atoms with Crippen LogP contribution >= 0.6 is 0 Å². The minimum Gasteiger partial charge on any atom is -0.325 e. The highest BCUT2D eigenvalue weighted by atomic mass is 16.2. The van der Waals surface area contributed by atoms with E-state index in [9.17, 15) is 9.59 Å². The Labute approximate surface area is 175 Å². The van der Waals surface area contributed by atoms with Crippen molar-refractivity contribution in [2.45, 2.75) is 12.8 Å². The molecule has 0 saturated carbocycles. The molecule has 0 aliphatic rings. The van der Waals surface area contributed by atoms with Gasteiger partial charge in [-0.1, -0.05) is 84.9 Å². The number of hydrogen-bond donors (Lipinski definition) is 2. The van der Waals surface area contributed by atoms with Gasteiger partial charge in [0, 0.05) is 5.39 Å². The Kier molecular flexibility index (Phi) is 5.85. The van der Waals surface area contributed by atoms with Gasteiger partial charge in [0.15, 0.2) is 0 Å². The van der Waals surface area contributed by atoms with Crippen LogP contribution in [0.15, 0.2) is 97.1 Å². The van der Waals surface area contributed by atoms with Crippen LogP contribution in [0.3, 0.4) is 0 Å². The Morgan fingerprint density at radius 3 is 1.40 bits per heavy atom. The fourth-order valence-corrected chi connectivity index (χ4v) is 3.50. The Morgan fingerprint density at radius 2 is 0.967 bits per heavy atom. The molecule has 0 fully saturated rings. The molecule has 0 aliphatic heterocycles. The molecule has 30 heavy (non-hydrogen) atoms. The van der Waals surface area contributed by atoms with Gasteiger partial charge < -0.3 is 10.6 Å². The second-order valence-electron chi connectivity index (χ2n) is 7.13. The van der Waals surface area contributed by atoms with Crippen molar-refractivity contribution in [2.24, 2.45) is 0 Å². The lowest BCUT2D eigenvalue weighted by Crippen LogP contribution is -2.16. The molecule has 0 spiro atoms. The van der Waals surface area contributed by atoms with Gasteiger partial charge in [-0.3, -0.25) is 9.59 Å². The monoisotopic (exact) mass is 394 g/mol. The summed E-state index contributed by atoms with van der Waals surface area (Å²) < 4.78 is 0. The van der Waals surface area contributed by atoms with Gasteiger partial charge >= 0.3 is 0 Å². The first-order valence-corrected chi connectivity index (χ1v) is 9.88. The molecule has 2 amide bonds. The average Bonchev–Trinajstić information content (AvgIpc) is 2.75. The van der Waals surface area contributed by atoms with Crippen molar-refractivity contribution in [2.75, 3.05) is 10.6 Å². The van der Waals surface area contributed by atoms with Crippen molar-refractivity contribution in [3.05, 3.63) is 108 Å². The molecule has 148 valence electrons. The molecule has 0 radical (unpaired) electrons. The molecule has 4 aromatic rings. The second kappa shape index (κ2) is 9.05. The molecule has 0 aliphatic carbocycles. The zero-order valence-electron chi connectivity index (χ0n) is 16.5. The molecule has 0 bridgehead atoms. The quantitative estimate of drug-likeness (QED) is 0.472. The second-order valence-corrected chi connectivity index (χ2v) is 7.13. The van der Waals surface area contributed by atoms with Crippen LogP contribution in [0, 0.1) is 0 Å². The van der Waals surface area contributed by atoms with E-state index < -0.39 is 0 Å². The first kappa shape index (κ1) is 19.4. The average molecular weight is 394 g/mol. The molecule has 0 heterocycles. The fourth-order valence-electron chi connectivity index (χ4n) is 3.50. The van der Waals surface area contributed by atoms with Gasteiger partial charge in [0.05, 0.1) is 24.2 Å². The summed E-state index contributed by atoms with van der Waals surface area (Å²) in [5, 5.41) is 7.78. The predicted molar refractivity (Wildman–Crippen MR) is 121 cm³/mol. The Hall–Kier alpha value is -3.92. The first-order valence-electron chi connectivity index (χ1n) is 9.88. The summed E-state index contributed by atoms with van der Waals surface area (Å²) in [6.45, 7) is 0. The summed E-state index contributed by atoms with van der Waals surface area (Å²) in [5.41, 5.74) is 3.27. The number of fused-ring (bicyclic) bond motifs is 1. The van der Waals surface area contributed by atoms with Gasteiger partial charge in [-0.2, -0.15) is 0 Å². The van der Waals surface area contributed by atoms with Crippen LogP contribution in [0.4, 0.5) is 11.4 Å². The van der Waals surface area contributed by atoms with Gasteiger partial charge in [-0.15, -0.1) is 0 Å². The zero-order valence-corrected chi connectivity index (χ0v) is 16.5. The summed E-state index contributed by atoms with van der Waals surface area (Å²) in [7, 11) is 0. The highest BCUT2D eigenvalue weighted by Crippen LogP contribution is 2.31. The third kappa shape index (κ3) is 4.73. The van der Waals surface area contributed by atoms with Crippen LogP contribution in [-0.2, 0) is 22.4 Å². The number of carbonyl (C=O) groups excluding carboxylic acids is 2. The van der Waals surface area contributed by atoms with Crippen LogP contribution in [0.25, 0.3) is 10.8 Å². The highest BCUT2D eigenvalue weighted by molar-refractivity contribution is 6.11. The summed E-state index contributed by atoms with van der Waals surface area (Å²) in [4.78, 5) is 25.2. The van der Waals surface area contributed by atoms with E-state index in [4.69, 9.17) is 0 Å². The molecule has 4 heteroatoms. The van der Waals surface area contributed by atoms with Gasteiger partial charge in [0.1, 0.15) is 0 Å². The third-order valence-electron chi connectivity index (χ3n) is 4.87. The van der Waals surface area contributed by atoms with Crippen LogP contribution in [-0.4, -0.2) is 11.8 Å². The number of rotatable bonds is 6. The van der Waals surface area contributed by atoms with E-state index in [1.807, 2.05) is 97.1 Å². The van der Waals surface area contributed by atoms with Crippen molar-refractivity contribution in [3.63, 3.8) is 0 Å². The lowest BCUT2D eigenvalue weighted by molar-refractivity contribution is -0.116. The Balaban J connectivity index is 1.57. The van der Waals surface area contributed by atoms with Crippen LogP contribution < -0.4 is 10.6 Å². The minimum atomic E-state index is -0.0980. The molecule has 2 N–H and O–H groups in total. The lowest BCUT2D eigenvalue weighted by atomic mass is 10.1. The summed E-state index contributed by atoms with van der Waals surface area (Å²) in [6, 6.07) is 30.7. The number of carbonyl (C=O) groups is 2. The predicted octanol–water partition coefficient (Wildman–Crippen LogP) is 5.20. The van der Waals surface area contributed by atoms with E-state index in [-0.39, 0.29) is 11.8 Å². The van der Waals surface area contributed by atoms with Gasteiger partial charge in [0.2, 0.25) is 11.8 Å². The number of nitrogens with one attached hydrogen (secondary N) is 2. The van der Waals surface area contributed by atoms with Gasteiger partial charge in [-0.05, 0) is 28.6 Å². The van der Waals surface area contributed by atoms with Gasteiger partial charge in [-0.25, -0.2) is 0 Å². The number of anilines is 2. The van der Waals surface area contributed by atoms with Crippen LogP contribution in [0.5, 0.6) is 0 Å². The van der Waals surface area contributed by atoms with Crippen molar-refractivity contribution < 1.29 is 9.59 Å². The van der Waals surface area contributed by atoms with E-state index in [0.717, 1.165) is 21.9 Å². The number of hydrogen-bond acceptors (Lipinski definition) is 2. The maximum absolute atomic E-state index is 12.6. The molecule has 4 rings (SSSR count). The van der Waals surface area contributed by atoms with E-state index >= 15 is 0 Å². The molecular formula is C26H22N2O2. The Morgan fingerprint density at radius 1 is 0.533 bits per heavy atom. The number of amides is 2. The van der Waals surface area contributed by atoms with E-state index in [2.05, 4.69) is 10.6 Å². The number of benzene rings is 4. The molecule has 0 atom stereocenters. The van der Waals surface area contributed by atoms with Crippen molar-refractivity contribution in [1.29, 1.82) is 0 Å². The summed E-state index contributed by atoms with van der Waals surface area (Å²) in [6.07, 6.45) is 0.583. The largest absolute Gasteiger partial charge is 0.325 e. The van der Waals surface area contributed by atoms with Gasteiger partial charge in [0.25, 0.3) is 0 Å². The topological polar surface area (TPSA) is 58.2 Å². The third-order valence-corrected chi connectivity index (χ3v) is 4.87. The maximum atomic E-state index is 12.6. The van der Waals surface area contributed by atoms with Crippen molar-refractivity contribution in [1.82, 2.24) is 0 Å². The van der Waals surface area contributed by atoms with Crippen LogP contribution in [0.1, 0.15) is 11.1 Å². The van der Waals surface area contributed by atoms with Crippen LogP contribution in [0.2, 0.25) is 0 Å². The normalized spacial score (nSPS) is 10.5. The van der Waals surface area contributed by atoms with E-state index in [1.165, 1.54) is 0 Å². The minimum absolute atomic E-state index is 0.0980. The van der Waals surface area contributed by atoms with E-state index in [0.29, 0.717) is 24.2 Å². The summed E-state index contributed by atoms with van der Waals surface area (Å²) >= 11 is 0. The Bertz CT molecular complexity index is 1080. The van der Waals surface area contributed by atoms with E-state index in [1.54, 1.807) is 0 Å². The first-order chi connectivity index (χ1) is 14.7.